The molecule has 3 heteroatoms. The van der Waals surface area contributed by atoms with E-state index < -0.39 is 0 Å². The number of rotatable bonds is 2. The summed E-state index contributed by atoms with van der Waals surface area (Å²) in [6.45, 7) is 13.5. The van der Waals surface area contributed by atoms with Crippen LogP contribution < -0.4 is 5.32 Å². The van der Waals surface area contributed by atoms with Crippen LogP contribution in [0.4, 0.5) is 0 Å². The molecule has 2 rings (SSSR count). The molecule has 1 N–H and O–H groups in total. The van der Waals surface area contributed by atoms with Crippen LogP contribution in [0.25, 0.3) is 0 Å². The molecular formula is C14H28N2O. The molecule has 2 aliphatic heterocycles. The van der Waals surface area contributed by atoms with Crippen molar-refractivity contribution in [3.8, 4) is 0 Å². The van der Waals surface area contributed by atoms with Crippen molar-refractivity contribution < 1.29 is 4.74 Å². The Bertz CT molecular complexity index is 243. The highest BCUT2D eigenvalue weighted by Gasteiger charge is 2.39. The van der Waals surface area contributed by atoms with Crippen molar-refractivity contribution in [1.29, 1.82) is 0 Å². The summed E-state index contributed by atoms with van der Waals surface area (Å²) in [5.74, 6) is 0. The summed E-state index contributed by atoms with van der Waals surface area (Å²) in [6.07, 6.45) is 2.43. The highest BCUT2D eigenvalue weighted by atomic mass is 16.5. The Balaban J connectivity index is 2.08. The maximum atomic E-state index is 5.58. The molecule has 17 heavy (non-hydrogen) atoms. The van der Waals surface area contributed by atoms with Crippen molar-refractivity contribution in [3.05, 3.63) is 0 Å². The minimum atomic E-state index is 0.342. The first-order chi connectivity index (χ1) is 8.02. The van der Waals surface area contributed by atoms with E-state index in [-0.39, 0.29) is 0 Å². The molecule has 0 spiro atoms. The molecule has 2 fully saturated rings. The Hall–Kier alpha value is -0.120. The number of piperazine rings is 1. The number of hydrogen-bond acceptors (Lipinski definition) is 3. The van der Waals surface area contributed by atoms with E-state index in [0.717, 1.165) is 19.8 Å². The fourth-order valence-corrected chi connectivity index (χ4v) is 3.11. The third kappa shape index (κ3) is 3.01. The zero-order valence-corrected chi connectivity index (χ0v) is 11.8. The lowest BCUT2D eigenvalue weighted by Gasteiger charge is -2.48. The maximum absolute atomic E-state index is 5.58. The number of hydrogen-bond donors (Lipinski definition) is 1. The molecule has 3 unspecified atom stereocenters. The van der Waals surface area contributed by atoms with E-state index >= 15 is 0 Å². The van der Waals surface area contributed by atoms with Crippen molar-refractivity contribution >= 4 is 0 Å². The quantitative estimate of drug-likeness (QED) is 0.797. The lowest BCUT2D eigenvalue weighted by molar-refractivity contribution is 0.0157. The molecule has 3 nitrogen and oxygen atoms in total. The smallest absolute Gasteiger partial charge is 0.0622 e. The van der Waals surface area contributed by atoms with Gasteiger partial charge in [-0.3, -0.25) is 4.90 Å². The largest absolute Gasteiger partial charge is 0.380 e. The molecule has 0 saturated carbocycles. The monoisotopic (exact) mass is 240 g/mol. The first kappa shape index (κ1) is 13.3. The van der Waals surface area contributed by atoms with Crippen molar-refractivity contribution in [2.75, 3.05) is 26.3 Å². The minimum absolute atomic E-state index is 0.342. The summed E-state index contributed by atoms with van der Waals surface area (Å²) >= 11 is 0. The van der Waals surface area contributed by atoms with Gasteiger partial charge in [-0.05, 0) is 18.3 Å². The Labute approximate surface area is 106 Å². The highest BCUT2D eigenvalue weighted by molar-refractivity contribution is 4.95. The molecule has 3 atom stereocenters. The van der Waals surface area contributed by atoms with Gasteiger partial charge in [0.05, 0.1) is 6.61 Å². The Morgan fingerprint density at radius 2 is 2.12 bits per heavy atom. The summed E-state index contributed by atoms with van der Waals surface area (Å²) in [5.41, 5.74) is 0.342. The van der Waals surface area contributed by atoms with Crippen LogP contribution in [0.3, 0.4) is 0 Å². The highest BCUT2D eigenvalue weighted by Crippen LogP contribution is 2.30. The average molecular weight is 240 g/mol. The maximum Gasteiger partial charge on any atom is 0.0622 e. The van der Waals surface area contributed by atoms with E-state index in [1.165, 1.54) is 19.4 Å². The van der Waals surface area contributed by atoms with E-state index in [1.807, 2.05) is 0 Å². The van der Waals surface area contributed by atoms with Gasteiger partial charge in [0, 0.05) is 37.8 Å². The molecule has 2 aliphatic rings. The van der Waals surface area contributed by atoms with E-state index in [2.05, 4.69) is 37.9 Å². The lowest BCUT2D eigenvalue weighted by atomic mass is 9.82. The lowest BCUT2D eigenvalue weighted by Crippen LogP contribution is -2.63. The zero-order chi connectivity index (χ0) is 12.5. The van der Waals surface area contributed by atoms with Gasteiger partial charge >= 0.3 is 0 Å². The predicted molar refractivity (Wildman–Crippen MR) is 71.3 cm³/mol. The van der Waals surface area contributed by atoms with Crippen molar-refractivity contribution in [2.24, 2.45) is 5.41 Å². The molecule has 0 aromatic heterocycles. The van der Waals surface area contributed by atoms with Gasteiger partial charge in [-0.1, -0.05) is 27.7 Å². The van der Waals surface area contributed by atoms with Crippen LogP contribution in [0.5, 0.6) is 0 Å². The Morgan fingerprint density at radius 1 is 1.35 bits per heavy atom. The Kier molecular flexibility index (Phi) is 4.11. The molecule has 2 saturated heterocycles. The van der Waals surface area contributed by atoms with Crippen molar-refractivity contribution in [3.63, 3.8) is 0 Å². The van der Waals surface area contributed by atoms with Gasteiger partial charge in [-0.25, -0.2) is 0 Å². The zero-order valence-electron chi connectivity index (χ0n) is 11.8. The van der Waals surface area contributed by atoms with E-state index in [0.29, 0.717) is 23.5 Å². The second-order valence-corrected chi connectivity index (χ2v) is 6.61. The Morgan fingerprint density at radius 3 is 2.65 bits per heavy atom. The van der Waals surface area contributed by atoms with Crippen LogP contribution in [0.1, 0.15) is 40.5 Å². The second-order valence-electron chi connectivity index (χ2n) is 6.61. The molecular weight excluding hydrogens is 212 g/mol. The summed E-state index contributed by atoms with van der Waals surface area (Å²) in [5, 5.41) is 3.70. The van der Waals surface area contributed by atoms with Gasteiger partial charge in [0.1, 0.15) is 0 Å². The van der Waals surface area contributed by atoms with Gasteiger partial charge in [-0.15, -0.1) is 0 Å². The van der Waals surface area contributed by atoms with Crippen LogP contribution >= 0.6 is 0 Å². The van der Waals surface area contributed by atoms with Crippen LogP contribution in [0.2, 0.25) is 0 Å². The minimum Gasteiger partial charge on any atom is -0.380 e. The SMILES string of the molecule is CCC1CN(C2CCOC2)C(C(C)(C)C)CN1. The van der Waals surface area contributed by atoms with Gasteiger partial charge < -0.3 is 10.1 Å². The summed E-state index contributed by atoms with van der Waals surface area (Å²) in [7, 11) is 0. The third-order valence-corrected chi connectivity index (χ3v) is 4.30. The number of nitrogens with zero attached hydrogens (tertiary/aromatic N) is 1. The molecule has 100 valence electrons. The summed E-state index contributed by atoms with van der Waals surface area (Å²) in [6, 6.07) is 1.95. The first-order valence-electron chi connectivity index (χ1n) is 7.09. The van der Waals surface area contributed by atoms with E-state index in [4.69, 9.17) is 4.74 Å². The van der Waals surface area contributed by atoms with Crippen LogP contribution in [-0.2, 0) is 4.74 Å². The molecule has 0 aliphatic carbocycles. The molecule has 0 aromatic rings. The number of nitrogens with one attached hydrogen (secondary N) is 1. The normalized spacial score (nSPS) is 36.4. The van der Waals surface area contributed by atoms with E-state index in [1.54, 1.807) is 0 Å². The van der Waals surface area contributed by atoms with Crippen molar-refractivity contribution in [1.82, 2.24) is 10.2 Å². The fourth-order valence-electron chi connectivity index (χ4n) is 3.11. The number of ether oxygens (including phenoxy) is 1. The fraction of sp³-hybridized carbons (Fsp3) is 1.00. The van der Waals surface area contributed by atoms with Crippen LogP contribution in [-0.4, -0.2) is 49.3 Å². The molecule has 0 amide bonds. The van der Waals surface area contributed by atoms with Gasteiger partial charge in [0.2, 0.25) is 0 Å². The molecule has 2 heterocycles. The van der Waals surface area contributed by atoms with Gasteiger partial charge in [0.25, 0.3) is 0 Å². The standard InChI is InChI=1S/C14H28N2O/c1-5-11-9-16(12-6-7-17-10-12)13(8-15-11)14(2,3)4/h11-13,15H,5-10H2,1-4H3. The third-order valence-electron chi connectivity index (χ3n) is 4.30. The molecule has 0 bridgehead atoms. The molecule has 0 aromatic carbocycles. The second kappa shape index (κ2) is 5.25. The van der Waals surface area contributed by atoms with Crippen molar-refractivity contribution in [2.45, 2.75) is 58.7 Å². The van der Waals surface area contributed by atoms with Crippen LogP contribution in [0.15, 0.2) is 0 Å². The van der Waals surface area contributed by atoms with Crippen LogP contribution in [0, 0.1) is 5.41 Å². The topological polar surface area (TPSA) is 24.5 Å². The summed E-state index contributed by atoms with van der Waals surface area (Å²) < 4.78 is 5.58. The summed E-state index contributed by atoms with van der Waals surface area (Å²) in [4.78, 5) is 2.72. The predicted octanol–water partition coefficient (Wildman–Crippen LogP) is 1.87. The van der Waals surface area contributed by atoms with E-state index in [9.17, 15) is 0 Å². The first-order valence-corrected chi connectivity index (χ1v) is 7.09. The average Bonchev–Trinajstić information content (AvgIpc) is 2.80. The van der Waals surface area contributed by atoms with Gasteiger partial charge in [-0.2, -0.15) is 0 Å². The van der Waals surface area contributed by atoms with Gasteiger partial charge in [0.15, 0.2) is 0 Å². The molecule has 0 radical (unpaired) electrons.